The Morgan fingerprint density at radius 3 is 2.81 bits per heavy atom. The molecule has 0 saturated heterocycles. The van der Waals surface area contributed by atoms with Crippen LogP contribution in [0.15, 0.2) is 12.2 Å². The third-order valence-electron chi connectivity index (χ3n) is 3.33. The largest absolute Gasteiger partial charge is 0.469 e. The van der Waals surface area contributed by atoms with Gasteiger partial charge in [0.25, 0.3) is 0 Å². The molecule has 0 heterocycles. The zero-order valence-corrected chi connectivity index (χ0v) is 9.91. The molecule has 3 heteroatoms. The topological polar surface area (TPSA) is 43.4 Å². The monoisotopic (exact) mass is 224 g/mol. The summed E-state index contributed by atoms with van der Waals surface area (Å²) in [5, 5.41) is 0. The molecule has 0 bridgehead atoms. The molecular formula is C13H20O3. The number of carbonyl (C=O) groups excluding carboxylic acids is 2. The zero-order valence-electron chi connectivity index (χ0n) is 9.91. The highest BCUT2D eigenvalue weighted by molar-refractivity contribution is 5.70. The van der Waals surface area contributed by atoms with Crippen molar-refractivity contribution < 1.29 is 14.3 Å². The number of hydrogen-bond donors (Lipinski definition) is 0. The molecule has 0 aliphatic heterocycles. The summed E-state index contributed by atoms with van der Waals surface area (Å²) >= 11 is 0. The first-order valence-electron chi connectivity index (χ1n) is 5.90. The van der Waals surface area contributed by atoms with Crippen LogP contribution in [0.4, 0.5) is 0 Å². The Bertz CT molecular complexity index is 270. The smallest absolute Gasteiger partial charge is 0.305 e. The Kier molecular flexibility index (Phi) is 5.23. The minimum absolute atomic E-state index is 0.223. The van der Waals surface area contributed by atoms with Crippen LogP contribution in [0.25, 0.3) is 0 Å². The lowest BCUT2D eigenvalue weighted by molar-refractivity contribution is -0.141. The predicted molar refractivity (Wildman–Crippen MR) is 62.0 cm³/mol. The van der Waals surface area contributed by atoms with Gasteiger partial charge in [-0.2, -0.15) is 0 Å². The number of hydrogen-bond acceptors (Lipinski definition) is 3. The molecule has 1 rings (SSSR count). The molecule has 90 valence electrons. The molecule has 1 unspecified atom stereocenters. The quantitative estimate of drug-likeness (QED) is 0.419. The van der Waals surface area contributed by atoms with Crippen LogP contribution < -0.4 is 0 Å². The number of ether oxygens (including phenoxy) is 1. The van der Waals surface area contributed by atoms with E-state index in [9.17, 15) is 9.59 Å². The SMILES string of the molecule is COC(=O)CCC1(C=O)CCC=CCCC1. The summed E-state index contributed by atoms with van der Waals surface area (Å²) < 4.78 is 4.62. The number of carbonyl (C=O) groups is 2. The van der Waals surface area contributed by atoms with E-state index in [4.69, 9.17) is 0 Å². The molecule has 0 aromatic heterocycles. The fraction of sp³-hybridized carbons (Fsp3) is 0.692. The van der Waals surface area contributed by atoms with Crippen LogP contribution in [-0.2, 0) is 14.3 Å². The van der Waals surface area contributed by atoms with Crippen molar-refractivity contribution in [2.45, 2.75) is 44.9 Å². The third-order valence-corrected chi connectivity index (χ3v) is 3.33. The van der Waals surface area contributed by atoms with Gasteiger partial charge in [0.15, 0.2) is 0 Å². The van der Waals surface area contributed by atoms with Gasteiger partial charge in [0.05, 0.1) is 7.11 Å². The molecule has 1 atom stereocenters. The van der Waals surface area contributed by atoms with E-state index in [0.29, 0.717) is 12.8 Å². The highest BCUT2D eigenvalue weighted by atomic mass is 16.5. The van der Waals surface area contributed by atoms with Crippen molar-refractivity contribution in [3.8, 4) is 0 Å². The molecule has 0 fully saturated rings. The van der Waals surface area contributed by atoms with E-state index < -0.39 is 0 Å². The summed E-state index contributed by atoms with van der Waals surface area (Å²) in [6.07, 6.45) is 11.1. The molecule has 0 amide bonds. The van der Waals surface area contributed by atoms with Gasteiger partial charge in [-0.05, 0) is 38.5 Å². The van der Waals surface area contributed by atoms with Crippen LogP contribution in [0.2, 0.25) is 0 Å². The normalized spacial score (nSPS) is 25.6. The van der Waals surface area contributed by atoms with Crippen LogP contribution in [0.1, 0.15) is 44.9 Å². The second kappa shape index (κ2) is 6.46. The third kappa shape index (κ3) is 3.80. The first-order chi connectivity index (χ1) is 7.72. The average molecular weight is 224 g/mol. The molecule has 0 aromatic rings. The molecular weight excluding hydrogens is 204 g/mol. The second-order valence-corrected chi connectivity index (χ2v) is 4.46. The maximum Gasteiger partial charge on any atom is 0.305 e. The second-order valence-electron chi connectivity index (χ2n) is 4.46. The summed E-state index contributed by atoms with van der Waals surface area (Å²) in [6.45, 7) is 0. The van der Waals surface area contributed by atoms with E-state index in [1.54, 1.807) is 0 Å². The van der Waals surface area contributed by atoms with Gasteiger partial charge in [-0.25, -0.2) is 0 Å². The van der Waals surface area contributed by atoms with Crippen molar-refractivity contribution in [1.29, 1.82) is 0 Å². The highest BCUT2D eigenvalue weighted by Crippen LogP contribution is 2.35. The highest BCUT2D eigenvalue weighted by Gasteiger charge is 2.29. The number of rotatable bonds is 4. The maximum atomic E-state index is 11.3. The molecule has 0 aromatic carbocycles. The lowest BCUT2D eigenvalue weighted by Gasteiger charge is -2.28. The van der Waals surface area contributed by atoms with E-state index in [1.165, 1.54) is 7.11 Å². The van der Waals surface area contributed by atoms with Gasteiger partial charge in [-0.3, -0.25) is 4.79 Å². The van der Waals surface area contributed by atoms with Gasteiger partial charge in [0.1, 0.15) is 6.29 Å². The molecule has 1 aliphatic carbocycles. The van der Waals surface area contributed by atoms with Crippen LogP contribution in [0.5, 0.6) is 0 Å². The molecule has 0 saturated carbocycles. The lowest BCUT2D eigenvalue weighted by atomic mass is 9.75. The van der Waals surface area contributed by atoms with Crippen LogP contribution in [0.3, 0.4) is 0 Å². The number of methoxy groups -OCH3 is 1. The van der Waals surface area contributed by atoms with E-state index in [2.05, 4.69) is 16.9 Å². The van der Waals surface area contributed by atoms with Gasteiger partial charge >= 0.3 is 5.97 Å². The number of aldehydes is 1. The van der Waals surface area contributed by atoms with Crippen molar-refractivity contribution in [3.05, 3.63) is 12.2 Å². The van der Waals surface area contributed by atoms with Gasteiger partial charge in [-0.1, -0.05) is 12.2 Å². The Hall–Kier alpha value is -1.12. The van der Waals surface area contributed by atoms with Crippen molar-refractivity contribution in [2.75, 3.05) is 7.11 Å². The van der Waals surface area contributed by atoms with E-state index in [0.717, 1.165) is 38.4 Å². The average Bonchev–Trinajstić information content (AvgIpc) is 2.28. The fourth-order valence-electron chi connectivity index (χ4n) is 2.18. The van der Waals surface area contributed by atoms with Crippen molar-refractivity contribution in [2.24, 2.45) is 5.41 Å². The van der Waals surface area contributed by atoms with Gasteiger partial charge in [-0.15, -0.1) is 0 Å². The Labute approximate surface area is 96.9 Å². The standard InChI is InChI=1S/C13H20O3/c1-16-12(15)7-10-13(11-14)8-5-3-2-4-6-9-13/h2-3,11H,4-10H2,1H3. The maximum absolute atomic E-state index is 11.3. The van der Waals surface area contributed by atoms with Gasteiger partial charge < -0.3 is 9.53 Å². The Morgan fingerprint density at radius 2 is 2.12 bits per heavy atom. The lowest BCUT2D eigenvalue weighted by Crippen LogP contribution is -2.24. The minimum atomic E-state index is -0.307. The van der Waals surface area contributed by atoms with E-state index >= 15 is 0 Å². The minimum Gasteiger partial charge on any atom is -0.469 e. The summed E-state index contributed by atoms with van der Waals surface area (Å²) in [5.41, 5.74) is -0.307. The Morgan fingerprint density at radius 1 is 1.38 bits per heavy atom. The van der Waals surface area contributed by atoms with Crippen LogP contribution in [-0.4, -0.2) is 19.4 Å². The Balaban J connectivity index is 2.56. The molecule has 0 N–H and O–H groups in total. The molecule has 3 nitrogen and oxygen atoms in total. The first kappa shape index (κ1) is 12.9. The molecule has 0 spiro atoms. The van der Waals surface area contributed by atoms with Crippen molar-refractivity contribution in [1.82, 2.24) is 0 Å². The summed E-state index contributed by atoms with van der Waals surface area (Å²) in [4.78, 5) is 22.4. The summed E-state index contributed by atoms with van der Waals surface area (Å²) in [5.74, 6) is -0.223. The van der Waals surface area contributed by atoms with Crippen molar-refractivity contribution in [3.63, 3.8) is 0 Å². The van der Waals surface area contributed by atoms with Crippen LogP contribution in [0, 0.1) is 5.41 Å². The van der Waals surface area contributed by atoms with E-state index in [-0.39, 0.29) is 11.4 Å². The van der Waals surface area contributed by atoms with E-state index in [1.807, 2.05) is 0 Å². The molecule has 16 heavy (non-hydrogen) atoms. The predicted octanol–water partition coefficient (Wildman–Crippen LogP) is 2.65. The van der Waals surface area contributed by atoms with Crippen molar-refractivity contribution >= 4 is 12.3 Å². The van der Waals surface area contributed by atoms with Gasteiger partial charge in [0.2, 0.25) is 0 Å². The first-order valence-corrected chi connectivity index (χ1v) is 5.90. The number of allylic oxidation sites excluding steroid dienone is 2. The van der Waals surface area contributed by atoms with Crippen LogP contribution >= 0.6 is 0 Å². The fourth-order valence-corrected chi connectivity index (χ4v) is 2.18. The summed E-state index contributed by atoms with van der Waals surface area (Å²) in [7, 11) is 1.39. The zero-order chi connectivity index (χ0) is 11.9. The number of esters is 1. The van der Waals surface area contributed by atoms with Gasteiger partial charge in [0, 0.05) is 11.8 Å². The molecule has 0 radical (unpaired) electrons. The molecule has 1 aliphatic rings. The summed E-state index contributed by atoms with van der Waals surface area (Å²) in [6, 6.07) is 0.